The average molecular weight is 416 g/mol. The van der Waals surface area contributed by atoms with E-state index in [0.717, 1.165) is 12.3 Å². The number of aromatic nitrogens is 3. The van der Waals surface area contributed by atoms with Gasteiger partial charge in [0, 0.05) is 5.56 Å². The molecule has 156 valence electrons. The maximum Gasteiger partial charge on any atom is 0.433 e. The van der Waals surface area contributed by atoms with E-state index in [1.54, 1.807) is 38.1 Å². The first-order valence-electron chi connectivity index (χ1n) is 9.02. The van der Waals surface area contributed by atoms with Gasteiger partial charge in [-0.3, -0.25) is 4.79 Å². The second kappa shape index (κ2) is 7.71. The molecule has 0 unspecified atom stereocenters. The highest BCUT2D eigenvalue weighted by atomic mass is 19.4. The standard InChI is InChI=1S/C21H19F3N4O2/c1-5-20(3,6-2)27-19(29)15-12-25-28-17(21(22,23)24)11-16(26-18(15)28)13-7-9-14(30-4)10-8-13/h1,7-12H,6H2,2-4H3,(H,27,29)/t20-/m1/s1. The summed E-state index contributed by atoms with van der Waals surface area (Å²) in [7, 11) is 1.48. The highest BCUT2D eigenvalue weighted by Gasteiger charge is 2.36. The second-order valence-electron chi connectivity index (χ2n) is 6.83. The molecule has 0 aliphatic carbocycles. The number of alkyl halides is 3. The molecule has 2 heterocycles. The molecular weight excluding hydrogens is 397 g/mol. The Balaban J connectivity index is 2.17. The molecule has 3 rings (SSSR count). The van der Waals surface area contributed by atoms with E-state index in [-0.39, 0.29) is 16.9 Å². The fraction of sp³-hybridized carbons (Fsp3) is 0.286. The van der Waals surface area contributed by atoms with Crippen molar-refractivity contribution in [1.29, 1.82) is 0 Å². The number of methoxy groups -OCH3 is 1. The number of carbonyl (C=O) groups excluding carboxylic acids is 1. The van der Waals surface area contributed by atoms with E-state index in [0.29, 0.717) is 22.2 Å². The number of nitrogens with zero attached hydrogens (tertiary/aromatic N) is 3. The third-order valence-electron chi connectivity index (χ3n) is 4.81. The first kappa shape index (κ1) is 21.2. The Labute approximate surface area is 171 Å². The van der Waals surface area contributed by atoms with Crippen LogP contribution in [-0.4, -0.2) is 33.2 Å². The summed E-state index contributed by atoms with van der Waals surface area (Å²) < 4.78 is 46.7. The predicted octanol–water partition coefficient (Wildman–Crippen LogP) is 3.96. The van der Waals surface area contributed by atoms with Crippen molar-refractivity contribution in [3.05, 3.63) is 47.8 Å². The number of hydrogen-bond acceptors (Lipinski definition) is 4. The molecule has 0 aliphatic heterocycles. The Hall–Kier alpha value is -3.54. The number of ether oxygens (including phenoxy) is 1. The van der Waals surface area contributed by atoms with Gasteiger partial charge in [0.25, 0.3) is 5.91 Å². The molecule has 1 aromatic carbocycles. The molecule has 3 aromatic rings. The molecule has 0 aliphatic rings. The highest BCUT2D eigenvalue weighted by Crippen LogP contribution is 2.33. The molecular formula is C21H19F3N4O2. The van der Waals surface area contributed by atoms with Crippen molar-refractivity contribution in [3.63, 3.8) is 0 Å². The highest BCUT2D eigenvalue weighted by molar-refractivity contribution is 6.00. The summed E-state index contributed by atoms with van der Waals surface area (Å²) in [5, 5.41) is 6.41. The number of nitrogens with one attached hydrogen (secondary N) is 1. The van der Waals surface area contributed by atoms with Crippen LogP contribution in [0.4, 0.5) is 13.2 Å². The van der Waals surface area contributed by atoms with Crippen molar-refractivity contribution in [2.45, 2.75) is 32.0 Å². The fourth-order valence-corrected chi connectivity index (χ4v) is 2.78. The lowest BCUT2D eigenvalue weighted by Crippen LogP contribution is -2.44. The minimum atomic E-state index is -4.71. The quantitative estimate of drug-likeness (QED) is 0.640. The molecule has 0 saturated heterocycles. The minimum absolute atomic E-state index is 0.0437. The van der Waals surface area contributed by atoms with E-state index < -0.39 is 23.3 Å². The SMILES string of the molecule is C#C[C@](C)(CC)NC(=O)c1cnn2c(C(F)(F)F)cc(-c3ccc(OC)cc3)nc12. The van der Waals surface area contributed by atoms with Crippen molar-refractivity contribution >= 4 is 11.6 Å². The topological polar surface area (TPSA) is 68.5 Å². The van der Waals surface area contributed by atoms with E-state index in [2.05, 4.69) is 21.3 Å². The molecule has 0 radical (unpaired) electrons. The molecule has 0 fully saturated rings. The fourth-order valence-electron chi connectivity index (χ4n) is 2.78. The van der Waals surface area contributed by atoms with Crippen molar-refractivity contribution in [2.24, 2.45) is 0 Å². The third-order valence-corrected chi connectivity index (χ3v) is 4.81. The zero-order valence-electron chi connectivity index (χ0n) is 16.5. The smallest absolute Gasteiger partial charge is 0.433 e. The van der Waals surface area contributed by atoms with Gasteiger partial charge in [0.1, 0.15) is 11.3 Å². The largest absolute Gasteiger partial charge is 0.497 e. The van der Waals surface area contributed by atoms with Gasteiger partial charge < -0.3 is 10.1 Å². The first-order chi connectivity index (χ1) is 14.1. The summed E-state index contributed by atoms with van der Waals surface area (Å²) in [6.45, 7) is 3.44. The van der Waals surface area contributed by atoms with E-state index in [1.165, 1.54) is 7.11 Å². The molecule has 0 saturated carbocycles. The van der Waals surface area contributed by atoms with Gasteiger partial charge in [0.05, 0.1) is 24.5 Å². The van der Waals surface area contributed by atoms with E-state index in [9.17, 15) is 18.0 Å². The number of benzene rings is 1. The normalized spacial score (nSPS) is 13.5. The van der Waals surface area contributed by atoms with Gasteiger partial charge in [-0.1, -0.05) is 12.8 Å². The summed E-state index contributed by atoms with van der Waals surface area (Å²) in [5.41, 5.74) is -1.85. The van der Waals surface area contributed by atoms with Crippen molar-refractivity contribution in [1.82, 2.24) is 19.9 Å². The molecule has 9 heteroatoms. The Morgan fingerprint density at radius 3 is 2.50 bits per heavy atom. The number of amides is 1. The van der Waals surface area contributed by atoms with Crippen LogP contribution in [0.25, 0.3) is 16.9 Å². The van der Waals surface area contributed by atoms with Crippen LogP contribution in [0, 0.1) is 12.3 Å². The summed E-state index contributed by atoms with van der Waals surface area (Å²) in [4.78, 5) is 17.0. The van der Waals surface area contributed by atoms with Crippen LogP contribution in [0.15, 0.2) is 36.5 Å². The van der Waals surface area contributed by atoms with Crippen LogP contribution in [0.3, 0.4) is 0 Å². The Kier molecular flexibility index (Phi) is 5.44. The Bertz CT molecular complexity index is 1130. The summed E-state index contributed by atoms with van der Waals surface area (Å²) in [6.07, 6.45) is 2.26. The maximum atomic E-state index is 13.7. The van der Waals surface area contributed by atoms with Crippen molar-refractivity contribution in [2.75, 3.05) is 7.11 Å². The Morgan fingerprint density at radius 2 is 1.97 bits per heavy atom. The summed E-state index contributed by atoms with van der Waals surface area (Å²) in [6, 6.07) is 7.28. The number of halogens is 3. The van der Waals surface area contributed by atoms with E-state index in [4.69, 9.17) is 11.2 Å². The van der Waals surface area contributed by atoms with E-state index in [1.807, 2.05) is 0 Å². The summed E-state index contributed by atoms with van der Waals surface area (Å²) >= 11 is 0. The van der Waals surface area contributed by atoms with Crippen LogP contribution >= 0.6 is 0 Å². The lowest BCUT2D eigenvalue weighted by atomic mass is 10.00. The number of terminal acetylenes is 1. The van der Waals surface area contributed by atoms with Crippen LogP contribution in [-0.2, 0) is 6.18 Å². The zero-order valence-corrected chi connectivity index (χ0v) is 16.5. The van der Waals surface area contributed by atoms with Crippen LogP contribution in [0.5, 0.6) is 5.75 Å². The molecule has 1 atom stereocenters. The monoisotopic (exact) mass is 416 g/mol. The van der Waals surface area contributed by atoms with Crippen LogP contribution in [0.1, 0.15) is 36.3 Å². The van der Waals surface area contributed by atoms with Gasteiger partial charge in [-0.05, 0) is 43.7 Å². The van der Waals surface area contributed by atoms with Gasteiger partial charge >= 0.3 is 6.18 Å². The third kappa shape index (κ3) is 3.94. The van der Waals surface area contributed by atoms with Crippen LogP contribution < -0.4 is 10.1 Å². The number of carbonyl (C=O) groups is 1. The molecule has 6 nitrogen and oxygen atoms in total. The van der Waals surface area contributed by atoms with E-state index >= 15 is 0 Å². The van der Waals surface area contributed by atoms with Gasteiger partial charge in [-0.15, -0.1) is 6.42 Å². The molecule has 0 spiro atoms. The van der Waals surface area contributed by atoms with Gasteiger partial charge in [-0.25, -0.2) is 9.50 Å². The van der Waals surface area contributed by atoms with Gasteiger partial charge in [0.15, 0.2) is 11.3 Å². The predicted molar refractivity (Wildman–Crippen MR) is 105 cm³/mol. The Morgan fingerprint density at radius 1 is 1.30 bits per heavy atom. The summed E-state index contributed by atoms with van der Waals surface area (Å²) in [5.74, 6) is 2.38. The first-order valence-corrected chi connectivity index (χ1v) is 9.02. The number of rotatable bonds is 5. The number of hydrogen-bond donors (Lipinski definition) is 1. The molecule has 2 aromatic heterocycles. The molecule has 0 bridgehead atoms. The van der Waals surface area contributed by atoms with Crippen LogP contribution in [0.2, 0.25) is 0 Å². The zero-order chi connectivity index (χ0) is 22.1. The number of fused-ring (bicyclic) bond motifs is 1. The lowest BCUT2D eigenvalue weighted by molar-refractivity contribution is -0.142. The molecule has 30 heavy (non-hydrogen) atoms. The van der Waals surface area contributed by atoms with Gasteiger partial charge in [0.2, 0.25) is 0 Å². The average Bonchev–Trinajstić information content (AvgIpc) is 3.16. The van der Waals surface area contributed by atoms with Crippen molar-refractivity contribution < 1.29 is 22.7 Å². The molecule has 1 amide bonds. The van der Waals surface area contributed by atoms with Gasteiger partial charge in [-0.2, -0.15) is 18.3 Å². The molecule has 1 N–H and O–H groups in total. The minimum Gasteiger partial charge on any atom is -0.497 e. The van der Waals surface area contributed by atoms with Crippen molar-refractivity contribution in [3.8, 4) is 29.4 Å². The lowest BCUT2D eigenvalue weighted by Gasteiger charge is -2.23. The second-order valence-corrected chi connectivity index (χ2v) is 6.83. The maximum absolute atomic E-state index is 13.7.